The van der Waals surface area contributed by atoms with E-state index in [4.69, 9.17) is 27.4 Å². The molecular weight excluding hydrogens is 258 g/mol. The van der Waals surface area contributed by atoms with Crippen molar-refractivity contribution in [1.29, 1.82) is 0 Å². The van der Waals surface area contributed by atoms with Crippen molar-refractivity contribution >= 4 is 23.6 Å². The van der Waals surface area contributed by atoms with E-state index in [-0.39, 0.29) is 12.8 Å². The smallest absolute Gasteiger partial charge is 0.331 e. The van der Waals surface area contributed by atoms with E-state index in [1.807, 2.05) is 0 Å². The Hall–Kier alpha value is -2.00. The number of carboxylic acid groups (broad SMARTS) is 2. The van der Waals surface area contributed by atoms with Crippen LogP contribution in [0.25, 0.3) is 0 Å². The number of amides is 1. The minimum Gasteiger partial charge on any atom is -0.481 e. The predicted molar refractivity (Wildman–Crippen MR) is 62.8 cm³/mol. The fourth-order valence-electron chi connectivity index (χ4n) is 1.40. The molecule has 0 saturated carbocycles. The zero-order valence-electron chi connectivity index (χ0n) is 10.2. The number of carboxylic acids is 2. The molecule has 8 N–H and O–H groups in total. The number of nitrogens with two attached hydrogens (primary N) is 3. The van der Waals surface area contributed by atoms with Gasteiger partial charge >= 0.3 is 11.9 Å². The first-order valence-electron chi connectivity index (χ1n) is 5.43. The van der Waals surface area contributed by atoms with Crippen LogP contribution in [0.5, 0.6) is 0 Å². The van der Waals surface area contributed by atoms with E-state index in [2.05, 4.69) is 0 Å². The maximum atomic E-state index is 11.9. The first-order valence-corrected chi connectivity index (χ1v) is 5.43. The van der Waals surface area contributed by atoms with Crippen molar-refractivity contribution in [3.8, 4) is 0 Å². The first-order chi connectivity index (χ1) is 8.61. The Morgan fingerprint density at radius 1 is 1.11 bits per heavy atom. The fraction of sp³-hybridized carbons (Fsp3) is 0.600. The van der Waals surface area contributed by atoms with Gasteiger partial charge in [0.1, 0.15) is 0 Å². The minimum absolute atomic E-state index is 0.239. The monoisotopic (exact) mass is 275 g/mol. The molecule has 0 heterocycles. The Balaban J connectivity index is 4.86. The maximum absolute atomic E-state index is 11.9. The van der Waals surface area contributed by atoms with Crippen molar-refractivity contribution < 1.29 is 29.4 Å². The Bertz CT molecular complexity index is 397. The normalized spacial score (nSPS) is 15.3. The Labute approximate surface area is 108 Å². The average molecular weight is 275 g/mol. The molecule has 0 aromatic carbocycles. The van der Waals surface area contributed by atoms with Crippen LogP contribution in [-0.4, -0.2) is 45.4 Å². The molecule has 9 nitrogen and oxygen atoms in total. The molecule has 0 unspecified atom stereocenters. The van der Waals surface area contributed by atoms with E-state index in [0.29, 0.717) is 0 Å². The molecule has 0 rings (SSSR count). The zero-order valence-corrected chi connectivity index (χ0v) is 10.2. The first kappa shape index (κ1) is 17.0. The Kier molecular flexibility index (Phi) is 6.09. The Morgan fingerprint density at radius 2 is 1.63 bits per heavy atom. The molecule has 0 fully saturated rings. The summed E-state index contributed by atoms with van der Waals surface area (Å²) >= 11 is 0. The summed E-state index contributed by atoms with van der Waals surface area (Å²) in [5.41, 5.74) is 13.4. The third kappa shape index (κ3) is 5.02. The number of primary amides is 1. The van der Waals surface area contributed by atoms with Crippen LogP contribution >= 0.6 is 0 Å². The third-order valence-corrected chi connectivity index (χ3v) is 2.59. The van der Waals surface area contributed by atoms with Crippen LogP contribution in [0, 0.1) is 0 Å². The van der Waals surface area contributed by atoms with Crippen LogP contribution in [-0.2, 0) is 19.2 Å². The minimum atomic E-state index is -2.34. The highest BCUT2D eigenvalue weighted by Crippen LogP contribution is 2.15. The van der Waals surface area contributed by atoms with Crippen LogP contribution in [0.1, 0.15) is 25.7 Å². The number of rotatable bonds is 9. The van der Waals surface area contributed by atoms with E-state index in [9.17, 15) is 19.2 Å². The van der Waals surface area contributed by atoms with Gasteiger partial charge < -0.3 is 27.4 Å². The van der Waals surface area contributed by atoms with Gasteiger partial charge in [-0.1, -0.05) is 0 Å². The lowest BCUT2D eigenvalue weighted by molar-refractivity contribution is -0.149. The molecule has 2 atom stereocenters. The molecule has 0 bridgehead atoms. The molecule has 108 valence electrons. The third-order valence-electron chi connectivity index (χ3n) is 2.59. The van der Waals surface area contributed by atoms with E-state index in [1.54, 1.807) is 0 Å². The standard InChI is InChI=1S/C10H17N3O6/c11-5(1-2-7(15)16)8(17)10(13,9(18)19)4-3-6(12)14/h5H,1-4,11,13H2,(H2,12,14)(H,15,16)(H,18,19)/t5-,10+/m0/s1. The summed E-state index contributed by atoms with van der Waals surface area (Å²) in [6.45, 7) is 0. The van der Waals surface area contributed by atoms with Crippen molar-refractivity contribution in [3.63, 3.8) is 0 Å². The molecule has 0 aromatic heterocycles. The summed E-state index contributed by atoms with van der Waals surface area (Å²) in [7, 11) is 0. The second-order valence-corrected chi connectivity index (χ2v) is 4.15. The van der Waals surface area contributed by atoms with Crippen molar-refractivity contribution in [2.45, 2.75) is 37.3 Å². The second kappa shape index (κ2) is 6.81. The number of ketones is 1. The van der Waals surface area contributed by atoms with Crippen LogP contribution in [0.3, 0.4) is 0 Å². The highest BCUT2D eigenvalue weighted by molar-refractivity contribution is 6.10. The van der Waals surface area contributed by atoms with Gasteiger partial charge in [0, 0.05) is 12.8 Å². The summed E-state index contributed by atoms with van der Waals surface area (Å²) in [6, 6.07) is -1.33. The molecule has 0 aliphatic rings. The average Bonchev–Trinajstić information content (AvgIpc) is 2.31. The lowest BCUT2D eigenvalue weighted by Gasteiger charge is -2.25. The number of Topliss-reactive ketones (excluding diaryl/α,β-unsaturated/α-hetero) is 1. The number of carbonyl (C=O) groups excluding carboxylic acids is 2. The molecule has 0 radical (unpaired) electrons. The van der Waals surface area contributed by atoms with E-state index in [1.165, 1.54) is 0 Å². The van der Waals surface area contributed by atoms with E-state index in [0.717, 1.165) is 0 Å². The molecule has 0 aromatic rings. The van der Waals surface area contributed by atoms with Gasteiger partial charge in [0.05, 0.1) is 6.04 Å². The van der Waals surface area contributed by atoms with E-state index < -0.39 is 48.1 Å². The molecular formula is C10H17N3O6. The largest absolute Gasteiger partial charge is 0.481 e. The molecule has 0 aliphatic carbocycles. The molecule has 0 spiro atoms. The van der Waals surface area contributed by atoms with Crippen molar-refractivity contribution in [3.05, 3.63) is 0 Å². The SMILES string of the molecule is NC(=O)CC[C@](N)(C(=O)O)C(=O)[C@@H](N)CCC(=O)O. The molecule has 1 amide bonds. The van der Waals surface area contributed by atoms with Gasteiger partial charge in [-0.2, -0.15) is 0 Å². The quantitative estimate of drug-likeness (QED) is 0.293. The summed E-state index contributed by atoms with van der Waals surface area (Å²) in [6.07, 6.45) is -1.51. The van der Waals surface area contributed by atoms with Crippen LogP contribution in [0.2, 0.25) is 0 Å². The number of hydrogen-bond acceptors (Lipinski definition) is 6. The number of carbonyl (C=O) groups is 4. The molecule has 19 heavy (non-hydrogen) atoms. The zero-order chi connectivity index (χ0) is 15.2. The maximum Gasteiger partial charge on any atom is 0.331 e. The second-order valence-electron chi connectivity index (χ2n) is 4.15. The van der Waals surface area contributed by atoms with Crippen LogP contribution in [0.15, 0.2) is 0 Å². The van der Waals surface area contributed by atoms with Gasteiger partial charge in [-0.25, -0.2) is 4.79 Å². The van der Waals surface area contributed by atoms with Gasteiger partial charge in [-0.15, -0.1) is 0 Å². The summed E-state index contributed by atoms with van der Waals surface area (Å²) in [4.78, 5) is 43.9. The summed E-state index contributed by atoms with van der Waals surface area (Å²) < 4.78 is 0. The molecule has 0 aliphatic heterocycles. The summed E-state index contributed by atoms with van der Waals surface area (Å²) in [5, 5.41) is 17.4. The van der Waals surface area contributed by atoms with E-state index >= 15 is 0 Å². The topological polar surface area (TPSA) is 187 Å². The van der Waals surface area contributed by atoms with Crippen molar-refractivity contribution in [1.82, 2.24) is 0 Å². The summed E-state index contributed by atoms with van der Waals surface area (Å²) in [5.74, 6) is -4.63. The predicted octanol–water partition coefficient (Wildman–Crippen LogP) is -2.20. The molecule has 0 saturated heterocycles. The highest BCUT2D eigenvalue weighted by Gasteiger charge is 2.44. The van der Waals surface area contributed by atoms with Crippen molar-refractivity contribution in [2.24, 2.45) is 17.2 Å². The lowest BCUT2D eigenvalue weighted by atomic mass is 9.84. The van der Waals surface area contributed by atoms with Crippen LogP contribution in [0.4, 0.5) is 0 Å². The van der Waals surface area contributed by atoms with Crippen molar-refractivity contribution in [2.75, 3.05) is 0 Å². The molecule has 9 heteroatoms. The van der Waals surface area contributed by atoms with Gasteiger partial charge in [-0.05, 0) is 12.8 Å². The lowest BCUT2D eigenvalue weighted by Crippen LogP contribution is -2.60. The fourth-order valence-corrected chi connectivity index (χ4v) is 1.40. The van der Waals surface area contributed by atoms with Crippen LogP contribution < -0.4 is 17.2 Å². The van der Waals surface area contributed by atoms with Gasteiger partial charge in [0.15, 0.2) is 11.3 Å². The van der Waals surface area contributed by atoms with Gasteiger partial charge in [-0.3, -0.25) is 14.4 Å². The highest BCUT2D eigenvalue weighted by atomic mass is 16.4. The van der Waals surface area contributed by atoms with Gasteiger partial charge in [0.2, 0.25) is 5.91 Å². The number of hydrogen-bond donors (Lipinski definition) is 5. The van der Waals surface area contributed by atoms with Gasteiger partial charge in [0.25, 0.3) is 0 Å². The number of aliphatic carboxylic acids is 2. The Morgan fingerprint density at radius 3 is 2.00 bits per heavy atom.